The molecule has 0 saturated carbocycles. The fraction of sp³-hybridized carbons (Fsp3) is 0.562. The zero-order valence-corrected chi connectivity index (χ0v) is 13.5. The summed E-state index contributed by atoms with van der Waals surface area (Å²) in [7, 11) is 1.62. The number of benzene rings is 1. The zero-order chi connectivity index (χ0) is 16.0. The molecule has 3 N–H and O–H groups in total. The quantitative estimate of drug-likeness (QED) is 0.790. The first-order chi connectivity index (χ1) is 9.75. The molecule has 5 nitrogen and oxygen atoms in total. The Morgan fingerprint density at radius 3 is 2.57 bits per heavy atom. The lowest BCUT2D eigenvalue weighted by Crippen LogP contribution is -2.45. The first-order valence-electron chi connectivity index (χ1n) is 7.04. The number of hydrogen-bond acceptors (Lipinski definition) is 4. The number of methoxy groups -OCH3 is 1. The first-order valence-corrected chi connectivity index (χ1v) is 7.04. The van der Waals surface area contributed by atoms with Gasteiger partial charge in [0.1, 0.15) is 12.4 Å². The summed E-state index contributed by atoms with van der Waals surface area (Å²) in [6.45, 7) is 8.68. The lowest BCUT2D eigenvalue weighted by atomic mass is 9.87. The number of aryl methyl sites for hydroxylation is 1. The van der Waals surface area contributed by atoms with Gasteiger partial charge in [-0.15, -0.1) is 0 Å². The smallest absolute Gasteiger partial charge is 0.241 e. The lowest BCUT2D eigenvalue weighted by molar-refractivity contribution is -0.119. The third-order valence-electron chi connectivity index (χ3n) is 3.16. The number of nitrogens with one attached hydrogen (secondary N) is 1. The lowest BCUT2D eigenvalue weighted by Gasteiger charge is -2.26. The highest BCUT2D eigenvalue weighted by Gasteiger charge is 2.27. The maximum atomic E-state index is 12.2. The second-order valence-corrected chi connectivity index (χ2v) is 6.17. The van der Waals surface area contributed by atoms with Crippen molar-refractivity contribution in [3.05, 3.63) is 23.8 Å². The monoisotopic (exact) mass is 294 g/mol. The number of carbonyl (C=O) groups excluding carboxylic acids is 1. The molecule has 21 heavy (non-hydrogen) atoms. The molecule has 0 heterocycles. The molecule has 1 atom stereocenters. The summed E-state index contributed by atoms with van der Waals surface area (Å²) < 4.78 is 10.6. The van der Waals surface area contributed by atoms with Crippen LogP contribution >= 0.6 is 0 Å². The molecule has 0 unspecified atom stereocenters. The maximum Gasteiger partial charge on any atom is 0.241 e. The molecule has 0 radical (unpaired) electrons. The van der Waals surface area contributed by atoms with E-state index in [1.165, 1.54) is 0 Å². The van der Waals surface area contributed by atoms with Crippen molar-refractivity contribution in [3.8, 4) is 5.75 Å². The van der Waals surface area contributed by atoms with E-state index in [1.54, 1.807) is 7.11 Å². The van der Waals surface area contributed by atoms with Gasteiger partial charge in [0.25, 0.3) is 0 Å². The van der Waals surface area contributed by atoms with Gasteiger partial charge in [0, 0.05) is 7.11 Å². The maximum absolute atomic E-state index is 12.2. The highest BCUT2D eigenvalue weighted by molar-refractivity contribution is 5.96. The van der Waals surface area contributed by atoms with Gasteiger partial charge in [-0.25, -0.2) is 0 Å². The Hall–Kier alpha value is -1.59. The molecular weight excluding hydrogens is 268 g/mol. The average Bonchev–Trinajstić information content (AvgIpc) is 2.40. The predicted molar refractivity (Wildman–Crippen MR) is 84.6 cm³/mol. The van der Waals surface area contributed by atoms with Crippen LogP contribution < -0.4 is 15.8 Å². The highest BCUT2D eigenvalue weighted by Crippen LogP contribution is 2.27. The summed E-state index contributed by atoms with van der Waals surface area (Å²) in [6.07, 6.45) is 0. The number of amides is 1. The van der Waals surface area contributed by atoms with Gasteiger partial charge in [-0.3, -0.25) is 4.79 Å². The molecule has 0 aromatic heterocycles. The first kappa shape index (κ1) is 17.5. The second-order valence-electron chi connectivity index (χ2n) is 6.17. The van der Waals surface area contributed by atoms with Crippen molar-refractivity contribution in [2.24, 2.45) is 11.1 Å². The largest absolute Gasteiger partial charge is 0.489 e. The Bertz CT molecular complexity index is 481. The summed E-state index contributed by atoms with van der Waals surface area (Å²) in [5.41, 5.74) is 7.35. The van der Waals surface area contributed by atoms with Gasteiger partial charge in [0.15, 0.2) is 0 Å². The topological polar surface area (TPSA) is 73.6 Å². The molecule has 0 aliphatic rings. The van der Waals surface area contributed by atoms with Gasteiger partial charge >= 0.3 is 0 Å². The van der Waals surface area contributed by atoms with Crippen LogP contribution in [0.3, 0.4) is 0 Å². The molecule has 0 fully saturated rings. The van der Waals surface area contributed by atoms with Crippen molar-refractivity contribution in [1.82, 2.24) is 0 Å². The van der Waals surface area contributed by atoms with E-state index in [1.807, 2.05) is 45.9 Å². The minimum Gasteiger partial charge on any atom is -0.489 e. The van der Waals surface area contributed by atoms with Crippen LogP contribution in [-0.2, 0) is 9.53 Å². The normalized spacial score (nSPS) is 12.9. The van der Waals surface area contributed by atoms with Gasteiger partial charge < -0.3 is 20.5 Å². The molecule has 0 spiro atoms. The van der Waals surface area contributed by atoms with Crippen molar-refractivity contribution in [1.29, 1.82) is 0 Å². The van der Waals surface area contributed by atoms with Crippen molar-refractivity contribution in [2.75, 3.05) is 25.6 Å². The summed E-state index contributed by atoms with van der Waals surface area (Å²) >= 11 is 0. The summed E-state index contributed by atoms with van der Waals surface area (Å²) in [4.78, 5) is 12.2. The number of nitrogens with two attached hydrogens (primary N) is 1. The van der Waals surface area contributed by atoms with Crippen LogP contribution in [0, 0.1) is 12.3 Å². The fourth-order valence-electron chi connectivity index (χ4n) is 1.69. The fourth-order valence-corrected chi connectivity index (χ4v) is 1.69. The van der Waals surface area contributed by atoms with E-state index in [2.05, 4.69) is 5.32 Å². The summed E-state index contributed by atoms with van der Waals surface area (Å²) in [6, 6.07) is 5.03. The zero-order valence-electron chi connectivity index (χ0n) is 13.5. The van der Waals surface area contributed by atoms with E-state index >= 15 is 0 Å². The average molecular weight is 294 g/mol. The SMILES string of the molecule is COCCOc1cc(C)ccc1NC(=O)[C@H](N)C(C)(C)C. The summed E-state index contributed by atoms with van der Waals surface area (Å²) in [5, 5.41) is 2.84. The molecule has 1 rings (SSSR count). The van der Waals surface area contributed by atoms with Crippen LogP contribution in [0.2, 0.25) is 0 Å². The molecule has 1 amide bonds. The number of ether oxygens (including phenoxy) is 2. The Balaban J connectivity index is 2.84. The van der Waals surface area contributed by atoms with Crippen LogP contribution in [0.5, 0.6) is 5.75 Å². The Morgan fingerprint density at radius 1 is 1.33 bits per heavy atom. The van der Waals surface area contributed by atoms with E-state index in [-0.39, 0.29) is 11.3 Å². The van der Waals surface area contributed by atoms with E-state index < -0.39 is 6.04 Å². The molecule has 0 bridgehead atoms. The molecule has 1 aromatic carbocycles. The minimum atomic E-state index is -0.592. The second kappa shape index (κ2) is 7.43. The van der Waals surface area contributed by atoms with Gasteiger partial charge in [0.2, 0.25) is 5.91 Å². The van der Waals surface area contributed by atoms with Crippen LogP contribution in [0.1, 0.15) is 26.3 Å². The predicted octanol–water partition coefficient (Wildman–Crippen LogP) is 2.33. The van der Waals surface area contributed by atoms with Crippen molar-refractivity contribution < 1.29 is 14.3 Å². The molecular formula is C16H26N2O3. The highest BCUT2D eigenvalue weighted by atomic mass is 16.5. The molecule has 1 aromatic rings. The van der Waals surface area contributed by atoms with Crippen LogP contribution in [-0.4, -0.2) is 32.3 Å². The van der Waals surface area contributed by atoms with Crippen LogP contribution in [0.25, 0.3) is 0 Å². The number of hydrogen-bond donors (Lipinski definition) is 2. The molecule has 0 aliphatic heterocycles. The molecule has 0 saturated heterocycles. The van der Waals surface area contributed by atoms with Crippen molar-refractivity contribution in [2.45, 2.75) is 33.7 Å². The molecule has 5 heteroatoms. The van der Waals surface area contributed by atoms with Crippen molar-refractivity contribution >= 4 is 11.6 Å². The third-order valence-corrected chi connectivity index (χ3v) is 3.16. The van der Waals surface area contributed by atoms with Gasteiger partial charge in [-0.2, -0.15) is 0 Å². The molecule has 0 aliphatic carbocycles. The minimum absolute atomic E-state index is 0.219. The van der Waals surface area contributed by atoms with Crippen LogP contribution in [0.15, 0.2) is 18.2 Å². The summed E-state index contributed by atoms with van der Waals surface area (Å²) in [5.74, 6) is 0.407. The Morgan fingerprint density at radius 2 is 2.00 bits per heavy atom. The number of anilines is 1. The van der Waals surface area contributed by atoms with E-state index in [4.69, 9.17) is 15.2 Å². The van der Waals surface area contributed by atoms with Crippen LogP contribution in [0.4, 0.5) is 5.69 Å². The Labute approximate surface area is 126 Å². The van der Waals surface area contributed by atoms with E-state index in [0.29, 0.717) is 24.7 Å². The van der Waals surface area contributed by atoms with Gasteiger partial charge in [0.05, 0.1) is 18.3 Å². The third kappa shape index (κ3) is 5.36. The van der Waals surface area contributed by atoms with Gasteiger partial charge in [-0.05, 0) is 30.0 Å². The van der Waals surface area contributed by atoms with E-state index in [9.17, 15) is 4.79 Å². The Kier molecular flexibility index (Phi) is 6.18. The van der Waals surface area contributed by atoms with E-state index in [0.717, 1.165) is 5.56 Å². The van der Waals surface area contributed by atoms with Gasteiger partial charge in [-0.1, -0.05) is 26.8 Å². The number of rotatable bonds is 6. The standard InChI is InChI=1S/C16H26N2O3/c1-11-6-7-12(13(10-11)21-9-8-20-5)18-15(19)14(17)16(2,3)4/h6-7,10,14H,8-9,17H2,1-5H3,(H,18,19)/t14-/m0/s1. The van der Waals surface area contributed by atoms with Crippen molar-refractivity contribution in [3.63, 3.8) is 0 Å². The number of carbonyl (C=O) groups is 1. The molecule has 118 valence electrons.